The van der Waals surface area contributed by atoms with Gasteiger partial charge in [-0.2, -0.15) is 0 Å². The first kappa shape index (κ1) is 17.4. The Morgan fingerprint density at radius 1 is 1.00 bits per heavy atom. The van der Waals surface area contributed by atoms with E-state index in [1.165, 1.54) is 24.3 Å². The highest BCUT2D eigenvalue weighted by Crippen LogP contribution is 2.20. The Morgan fingerprint density at radius 2 is 1.85 bits per heavy atom. The van der Waals surface area contributed by atoms with Crippen LogP contribution in [0.4, 0.5) is 4.39 Å². The van der Waals surface area contributed by atoms with Crippen LogP contribution in [0.2, 0.25) is 0 Å². The number of carbonyl (C=O) groups is 1. The maximum atomic E-state index is 12.8. The summed E-state index contributed by atoms with van der Waals surface area (Å²) in [5.74, 6) is 0.973. The third kappa shape index (κ3) is 5.04. The number of pyridine rings is 1. The minimum atomic E-state index is -0.321. The van der Waals surface area contributed by atoms with Gasteiger partial charge in [-0.05, 0) is 48.5 Å². The molecule has 1 heterocycles. The first-order chi connectivity index (χ1) is 12.7. The molecule has 5 nitrogen and oxygen atoms in total. The van der Waals surface area contributed by atoms with Gasteiger partial charge in [-0.3, -0.25) is 4.79 Å². The van der Waals surface area contributed by atoms with Crippen molar-refractivity contribution in [2.24, 2.45) is 0 Å². The maximum Gasteiger partial charge on any atom is 0.251 e. The molecule has 6 heteroatoms. The summed E-state index contributed by atoms with van der Waals surface area (Å²) in [5, 5.41) is 2.76. The predicted molar refractivity (Wildman–Crippen MR) is 95.0 cm³/mol. The minimum Gasteiger partial charge on any atom is -0.492 e. The summed E-state index contributed by atoms with van der Waals surface area (Å²) in [6.45, 7) is 0.600. The molecule has 0 aliphatic heterocycles. The quantitative estimate of drug-likeness (QED) is 0.657. The molecule has 1 aromatic heterocycles. The zero-order valence-corrected chi connectivity index (χ0v) is 13.9. The summed E-state index contributed by atoms with van der Waals surface area (Å²) in [4.78, 5) is 16.3. The van der Waals surface area contributed by atoms with E-state index in [0.29, 0.717) is 29.5 Å². The highest BCUT2D eigenvalue weighted by molar-refractivity contribution is 5.94. The lowest BCUT2D eigenvalue weighted by Gasteiger charge is -2.09. The average Bonchev–Trinajstić information content (AvgIpc) is 2.67. The van der Waals surface area contributed by atoms with Gasteiger partial charge in [-0.1, -0.05) is 12.1 Å². The molecule has 2 aromatic carbocycles. The summed E-state index contributed by atoms with van der Waals surface area (Å²) in [6, 6.07) is 17.9. The lowest BCUT2D eigenvalue weighted by atomic mass is 10.2. The molecule has 1 amide bonds. The molecule has 0 fully saturated rings. The van der Waals surface area contributed by atoms with Crippen LogP contribution in [0.1, 0.15) is 10.4 Å². The average molecular weight is 352 g/mol. The maximum absolute atomic E-state index is 12.8. The molecule has 0 unspecified atom stereocenters. The zero-order chi connectivity index (χ0) is 18.2. The molecule has 0 bridgehead atoms. The van der Waals surface area contributed by atoms with Gasteiger partial charge in [0.05, 0.1) is 6.54 Å². The van der Waals surface area contributed by atoms with Crippen molar-refractivity contribution < 1.29 is 18.7 Å². The van der Waals surface area contributed by atoms with Crippen molar-refractivity contribution in [3.8, 4) is 17.4 Å². The summed E-state index contributed by atoms with van der Waals surface area (Å²) < 4.78 is 23.9. The van der Waals surface area contributed by atoms with Gasteiger partial charge >= 0.3 is 0 Å². The number of aromatic nitrogens is 1. The fourth-order valence-electron chi connectivity index (χ4n) is 2.20. The van der Waals surface area contributed by atoms with Gasteiger partial charge in [0.25, 0.3) is 5.91 Å². The van der Waals surface area contributed by atoms with Gasteiger partial charge in [0.2, 0.25) is 5.88 Å². The zero-order valence-electron chi connectivity index (χ0n) is 13.9. The molecule has 3 rings (SSSR count). The molecule has 3 aromatic rings. The van der Waals surface area contributed by atoms with Crippen molar-refractivity contribution in [2.75, 3.05) is 13.2 Å². The van der Waals surface area contributed by atoms with E-state index < -0.39 is 0 Å². The fourth-order valence-corrected chi connectivity index (χ4v) is 2.20. The van der Waals surface area contributed by atoms with E-state index in [-0.39, 0.29) is 18.3 Å². The van der Waals surface area contributed by atoms with Gasteiger partial charge in [0.15, 0.2) is 0 Å². The van der Waals surface area contributed by atoms with Crippen molar-refractivity contribution in [3.05, 3.63) is 84.3 Å². The van der Waals surface area contributed by atoms with E-state index in [0.717, 1.165) is 0 Å². The largest absolute Gasteiger partial charge is 0.492 e. The number of halogens is 1. The van der Waals surface area contributed by atoms with Crippen molar-refractivity contribution >= 4 is 5.91 Å². The molecular formula is C20H17FN2O3. The molecule has 132 valence electrons. The van der Waals surface area contributed by atoms with Gasteiger partial charge in [0.1, 0.15) is 23.9 Å². The van der Waals surface area contributed by atoms with E-state index in [1.54, 1.807) is 42.6 Å². The molecule has 26 heavy (non-hydrogen) atoms. The third-order valence-electron chi connectivity index (χ3n) is 3.43. The second-order valence-electron chi connectivity index (χ2n) is 5.36. The van der Waals surface area contributed by atoms with Crippen LogP contribution in [0.5, 0.6) is 17.4 Å². The Balaban J connectivity index is 1.50. The molecule has 0 aliphatic carbocycles. The molecular weight excluding hydrogens is 335 g/mol. The molecule has 0 spiro atoms. The number of amides is 1. The number of ether oxygens (including phenoxy) is 2. The lowest BCUT2D eigenvalue weighted by Crippen LogP contribution is -2.28. The Labute approximate surface area is 150 Å². The third-order valence-corrected chi connectivity index (χ3v) is 3.43. The van der Waals surface area contributed by atoms with Crippen molar-refractivity contribution in [3.63, 3.8) is 0 Å². The van der Waals surface area contributed by atoms with Crippen molar-refractivity contribution in [2.45, 2.75) is 0 Å². The van der Waals surface area contributed by atoms with Gasteiger partial charge in [0, 0.05) is 17.8 Å². The SMILES string of the molecule is O=C(NCCOc1ccc(F)cc1)c1cccc(Oc2ccccn2)c1. The van der Waals surface area contributed by atoms with E-state index in [2.05, 4.69) is 10.3 Å². The molecule has 0 radical (unpaired) electrons. The van der Waals surface area contributed by atoms with Crippen LogP contribution in [-0.4, -0.2) is 24.0 Å². The molecule has 1 N–H and O–H groups in total. The standard InChI is InChI=1S/C20H17FN2O3/c21-16-7-9-17(10-8-16)25-13-12-23-20(24)15-4-3-5-18(14-15)26-19-6-1-2-11-22-19/h1-11,14H,12-13H2,(H,23,24). The second-order valence-corrected chi connectivity index (χ2v) is 5.36. The highest BCUT2D eigenvalue weighted by Gasteiger charge is 2.07. The van der Waals surface area contributed by atoms with Crippen LogP contribution < -0.4 is 14.8 Å². The number of nitrogens with zero attached hydrogens (tertiary/aromatic N) is 1. The molecule has 0 saturated carbocycles. The first-order valence-corrected chi connectivity index (χ1v) is 8.06. The van der Waals surface area contributed by atoms with E-state index in [1.807, 2.05) is 6.07 Å². The first-order valence-electron chi connectivity index (χ1n) is 8.06. The van der Waals surface area contributed by atoms with E-state index >= 15 is 0 Å². The Bertz CT molecular complexity index is 854. The van der Waals surface area contributed by atoms with Crippen LogP contribution in [0.15, 0.2) is 72.9 Å². The number of hydrogen-bond acceptors (Lipinski definition) is 4. The predicted octanol–water partition coefficient (Wildman–Crippen LogP) is 3.82. The number of benzene rings is 2. The second kappa shape index (κ2) is 8.62. The monoisotopic (exact) mass is 352 g/mol. The number of nitrogens with one attached hydrogen (secondary N) is 1. The number of hydrogen-bond donors (Lipinski definition) is 1. The number of rotatable bonds is 7. The van der Waals surface area contributed by atoms with Gasteiger partial charge < -0.3 is 14.8 Å². The summed E-state index contributed by atoms with van der Waals surface area (Å²) in [5.41, 5.74) is 0.472. The summed E-state index contributed by atoms with van der Waals surface area (Å²) in [7, 11) is 0. The van der Waals surface area contributed by atoms with Crippen LogP contribution in [0.25, 0.3) is 0 Å². The Kier molecular flexibility index (Phi) is 5.77. The number of carbonyl (C=O) groups excluding carboxylic acids is 1. The normalized spacial score (nSPS) is 10.2. The van der Waals surface area contributed by atoms with Crippen LogP contribution in [0, 0.1) is 5.82 Å². The molecule has 0 aliphatic rings. The summed E-state index contributed by atoms with van der Waals surface area (Å²) >= 11 is 0. The van der Waals surface area contributed by atoms with Crippen LogP contribution >= 0.6 is 0 Å². The van der Waals surface area contributed by atoms with E-state index in [4.69, 9.17) is 9.47 Å². The Morgan fingerprint density at radius 3 is 2.62 bits per heavy atom. The van der Waals surface area contributed by atoms with Gasteiger partial charge in [-0.25, -0.2) is 9.37 Å². The van der Waals surface area contributed by atoms with Crippen molar-refractivity contribution in [1.29, 1.82) is 0 Å². The van der Waals surface area contributed by atoms with E-state index in [9.17, 15) is 9.18 Å². The van der Waals surface area contributed by atoms with Crippen LogP contribution in [0.3, 0.4) is 0 Å². The fraction of sp³-hybridized carbons (Fsp3) is 0.100. The highest BCUT2D eigenvalue weighted by atomic mass is 19.1. The summed E-state index contributed by atoms with van der Waals surface area (Å²) in [6.07, 6.45) is 1.63. The molecule has 0 atom stereocenters. The van der Waals surface area contributed by atoms with Gasteiger partial charge in [-0.15, -0.1) is 0 Å². The molecule has 0 saturated heterocycles. The lowest BCUT2D eigenvalue weighted by molar-refractivity contribution is 0.0946. The van der Waals surface area contributed by atoms with Crippen molar-refractivity contribution in [1.82, 2.24) is 10.3 Å². The Hall–Kier alpha value is -3.41. The van der Waals surface area contributed by atoms with Crippen LogP contribution in [-0.2, 0) is 0 Å². The smallest absolute Gasteiger partial charge is 0.251 e. The minimum absolute atomic E-state index is 0.237. The topological polar surface area (TPSA) is 60.5 Å².